The highest BCUT2D eigenvalue weighted by molar-refractivity contribution is 7.80. The number of thiocarbonyl (C=S) groups is 1. The van der Waals surface area contributed by atoms with Crippen molar-refractivity contribution in [3.8, 4) is 0 Å². The molecule has 134 valence electrons. The molecular formula is C21H19N5S. The van der Waals surface area contributed by atoms with Gasteiger partial charge in [0.1, 0.15) is 0 Å². The lowest BCUT2D eigenvalue weighted by molar-refractivity contribution is 0.916. The summed E-state index contributed by atoms with van der Waals surface area (Å²) >= 11 is 5.33. The maximum Gasteiger partial charge on any atom is 0.170 e. The average molecular weight is 373 g/mol. The van der Waals surface area contributed by atoms with E-state index < -0.39 is 0 Å². The van der Waals surface area contributed by atoms with Crippen LogP contribution in [0.5, 0.6) is 0 Å². The summed E-state index contributed by atoms with van der Waals surface area (Å²) in [4.78, 5) is 9.01. The van der Waals surface area contributed by atoms with Gasteiger partial charge in [-0.1, -0.05) is 30.3 Å². The molecule has 6 heteroatoms. The molecule has 3 N–H and O–H groups in total. The standard InChI is InChI=1S/C21H19N5S/c27-21(26-16-6-2-1-3-7-16)25-14-13-22-18-10-12-24-20-17(18)9-8-15-5-4-11-23-19(15)20/h1-12H,13-14H2,(H,22,24)(H2,25,26,27). The summed E-state index contributed by atoms with van der Waals surface area (Å²) in [6.07, 6.45) is 3.61. The number of hydrogen-bond acceptors (Lipinski definition) is 4. The van der Waals surface area contributed by atoms with E-state index in [4.69, 9.17) is 12.2 Å². The van der Waals surface area contributed by atoms with Crippen LogP contribution in [0.15, 0.2) is 73.1 Å². The third-order valence-corrected chi connectivity index (χ3v) is 4.49. The van der Waals surface area contributed by atoms with E-state index in [2.05, 4.69) is 38.1 Å². The van der Waals surface area contributed by atoms with Crippen molar-refractivity contribution >= 4 is 50.5 Å². The Morgan fingerprint density at radius 1 is 0.815 bits per heavy atom. The van der Waals surface area contributed by atoms with Gasteiger partial charge in [0.15, 0.2) is 5.11 Å². The monoisotopic (exact) mass is 373 g/mol. The van der Waals surface area contributed by atoms with E-state index in [0.717, 1.165) is 39.7 Å². The lowest BCUT2D eigenvalue weighted by Crippen LogP contribution is -2.32. The zero-order valence-corrected chi connectivity index (χ0v) is 15.5. The fraction of sp³-hybridized carbons (Fsp3) is 0.0952. The lowest BCUT2D eigenvalue weighted by atomic mass is 10.1. The van der Waals surface area contributed by atoms with Crippen LogP contribution in [-0.4, -0.2) is 28.2 Å². The Labute approximate surface area is 162 Å². The zero-order valence-electron chi connectivity index (χ0n) is 14.6. The fourth-order valence-electron chi connectivity index (χ4n) is 2.98. The number of anilines is 2. The van der Waals surface area contributed by atoms with Crippen molar-refractivity contribution in [3.63, 3.8) is 0 Å². The highest BCUT2D eigenvalue weighted by Crippen LogP contribution is 2.26. The minimum absolute atomic E-state index is 0.609. The molecule has 2 aromatic carbocycles. The Balaban J connectivity index is 1.39. The van der Waals surface area contributed by atoms with Crippen LogP contribution in [-0.2, 0) is 0 Å². The number of pyridine rings is 2. The van der Waals surface area contributed by atoms with Gasteiger partial charge in [-0.15, -0.1) is 0 Å². The van der Waals surface area contributed by atoms with Crippen molar-refractivity contribution in [1.82, 2.24) is 15.3 Å². The van der Waals surface area contributed by atoms with Crippen LogP contribution in [0.3, 0.4) is 0 Å². The molecule has 4 rings (SSSR count). The summed E-state index contributed by atoms with van der Waals surface area (Å²) in [5, 5.41) is 12.6. The Hall–Kier alpha value is -3.25. The maximum absolute atomic E-state index is 5.33. The van der Waals surface area contributed by atoms with Gasteiger partial charge >= 0.3 is 0 Å². The summed E-state index contributed by atoms with van der Waals surface area (Å²) in [5.41, 5.74) is 3.84. The first-order chi connectivity index (χ1) is 13.3. The van der Waals surface area contributed by atoms with Crippen molar-refractivity contribution < 1.29 is 0 Å². The molecule has 0 aliphatic carbocycles. The van der Waals surface area contributed by atoms with Gasteiger partial charge in [0, 0.05) is 47.6 Å². The summed E-state index contributed by atoms with van der Waals surface area (Å²) in [6, 6.07) is 20.0. The third-order valence-electron chi connectivity index (χ3n) is 4.24. The van der Waals surface area contributed by atoms with Crippen LogP contribution < -0.4 is 16.0 Å². The van der Waals surface area contributed by atoms with Gasteiger partial charge in [0.05, 0.1) is 11.0 Å². The Bertz CT molecular complexity index is 1080. The van der Waals surface area contributed by atoms with Crippen LogP contribution in [0.25, 0.3) is 21.8 Å². The normalized spacial score (nSPS) is 10.7. The SMILES string of the molecule is S=C(NCCNc1ccnc2c1ccc1cccnc12)Nc1ccccc1. The second-order valence-corrected chi connectivity index (χ2v) is 6.48. The van der Waals surface area contributed by atoms with Gasteiger partial charge in [-0.25, -0.2) is 0 Å². The van der Waals surface area contributed by atoms with E-state index in [9.17, 15) is 0 Å². The molecule has 27 heavy (non-hydrogen) atoms. The topological polar surface area (TPSA) is 61.9 Å². The van der Waals surface area contributed by atoms with Crippen LogP contribution in [0.1, 0.15) is 0 Å². The molecule has 0 bridgehead atoms. The van der Waals surface area contributed by atoms with Gasteiger partial charge < -0.3 is 16.0 Å². The number of aromatic nitrogens is 2. The molecule has 0 aliphatic heterocycles. The molecule has 0 saturated carbocycles. The predicted octanol–water partition coefficient (Wildman–Crippen LogP) is 4.18. The fourth-order valence-corrected chi connectivity index (χ4v) is 3.20. The molecule has 0 fully saturated rings. The molecule has 4 aromatic rings. The molecule has 5 nitrogen and oxygen atoms in total. The first kappa shape index (κ1) is 17.2. The van der Waals surface area contributed by atoms with E-state index in [1.807, 2.05) is 54.7 Å². The minimum atomic E-state index is 0.609. The average Bonchev–Trinajstić information content (AvgIpc) is 2.72. The maximum atomic E-state index is 5.33. The van der Waals surface area contributed by atoms with E-state index in [1.54, 1.807) is 6.20 Å². The first-order valence-electron chi connectivity index (χ1n) is 8.77. The van der Waals surface area contributed by atoms with Gasteiger partial charge in [0.2, 0.25) is 0 Å². The van der Waals surface area contributed by atoms with Crippen LogP contribution >= 0.6 is 12.2 Å². The number of rotatable bonds is 5. The Morgan fingerprint density at radius 2 is 1.67 bits per heavy atom. The van der Waals surface area contributed by atoms with E-state index in [-0.39, 0.29) is 0 Å². The Morgan fingerprint density at radius 3 is 2.56 bits per heavy atom. The molecule has 0 spiro atoms. The molecule has 0 aliphatic rings. The number of fused-ring (bicyclic) bond motifs is 3. The second-order valence-electron chi connectivity index (χ2n) is 6.07. The molecule has 0 radical (unpaired) electrons. The van der Waals surface area contributed by atoms with Gasteiger partial charge in [-0.3, -0.25) is 9.97 Å². The van der Waals surface area contributed by atoms with Crippen molar-refractivity contribution in [2.24, 2.45) is 0 Å². The van der Waals surface area contributed by atoms with Crippen molar-refractivity contribution in [2.75, 3.05) is 23.7 Å². The number of benzene rings is 2. The van der Waals surface area contributed by atoms with Crippen LogP contribution in [0.4, 0.5) is 11.4 Å². The van der Waals surface area contributed by atoms with E-state index in [0.29, 0.717) is 11.7 Å². The molecule has 0 atom stereocenters. The van der Waals surface area contributed by atoms with Crippen molar-refractivity contribution in [3.05, 3.63) is 73.1 Å². The largest absolute Gasteiger partial charge is 0.383 e. The van der Waals surface area contributed by atoms with Gasteiger partial charge in [0.25, 0.3) is 0 Å². The van der Waals surface area contributed by atoms with Crippen molar-refractivity contribution in [1.29, 1.82) is 0 Å². The smallest absolute Gasteiger partial charge is 0.170 e. The number of hydrogen-bond donors (Lipinski definition) is 3. The summed E-state index contributed by atoms with van der Waals surface area (Å²) in [6.45, 7) is 1.43. The molecule has 0 unspecified atom stereocenters. The molecule has 2 heterocycles. The predicted molar refractivity (Wildman–Crippen MR) is 116 cm³/mol. The zero-order chi connectivity index (χ0) is 18.5. The molecular weight excluding hydrogens is 354 g/mol. The van der Waals surface area contributed by atoms with Gasteiger partial charge in [-0.05, 0) is 42.5 Å². The molecule has 2 aromatic heterocycles. The number of nitrogens with zero attached hydrogens (tertiary/aromatic N) is 2. The molecule has 0 amide bonds. The Kier molecular flexibility index (Phi) is 5.07. The summed E-state index contributed by atoms with van der Waals surface area (Å²) in [7, 11) is 0. The van der Waals surface area contributed by atoms with E-state index >= 15 is 0 Å². The van der Waals surface area contributed by atoms with Crippen molar-refractivity contribution in [2.45, 2.75) is 0 Å². The van der Waals surface area contributed by atoms with Crippen LogP contribution in [0.2, 0.25) is 0 Å². The number of nitrogens with one attached hydrogen (secondary N) is 3. The highest BCUT2D eigenvalue weighted by atomic mass is 32.1. The summed E-state index contributed by atoms with van der Waals surface area (Å²) in [5.74, 6) is 0. The third kappa shape index (κ3) is 3.96. The highest BCUT2D eigenvalue weighted by Gasteiger charge is 2.06. The number of para-hydroxylation sites is 1. The second kappa shape index (κ2) is 7.97. The molecule has 0 saturated heterocycles. The quantitative estimate of drug-likeness (QED) is 0.277. The van der Waals surface area contributed by atoms with Gasteiger partial charge in [-0.2, -0.15) is 0 Å². The summed E-state index contributed by atoms with van der Waals surface area (Å²) < 4.78 is 0. The lowest BCUT2D eigenvalue weighted by Gasteiger charge is -2.13. The van der Waals surface area contributed by atoms with E-state index in [1.165, 1.54) is 0 Å². The first-order valence-corrected chi connectivity index (χ1v) is 9.18. The van der Waals surface area contributed by atoms with Crippen LogP contribution in [0, 0.1) is 0 Å². The minimum Gasteiger partial charge on any atom is -0.383 e.